The highest BCUT2D eigenvalue weighted by Gasteiger charge is 2.13. The molecule has 0 aliphatic rings. The van der Waals surface area contributed by atoms with E-state index >= 15 is 0 Å². The molecule has 0 aliphatic carbocycles. The maximum absolute atomic E-state index is 12.3. The topological polar surface area (TPSA) is 99.0 Å². The second kappa shape index (κ2) is 7.12. The fourth-order valence-electron chi connectivity index (χ4n) is 2.49. The summed E-state index contributed by atoms with van der Waals surface area (Å²) >= 11 is 0. The SMILES string of the molecule is CCOc1ccc(N[C@H](C)C(=O)Nc2ccc3[nH]c(=O)[nH]c3c2)cc1. The smallest absolute Gasteiger partial charge is 0.323 e. The number of aromatic amines is 2. The summed E-state index contributed by atoms with van der Waals surface area (Å²) in [5, 5.41) is 5.97. The molecule has 1 aromatic heterocycles. The van der Waals surface area contributed by atoms with Gasteiger partial charge >= 0.3 is 5.69 Å². The zero-order chi connectivity index (χ0) is 17.8. The van der Waals surface area contributed by atoms with Crippen molar-refractivity contribution in [2.45, 2.75) is 19.9 Å². The van der Waals surface area contributed by atoms with Crippen LogP contribution in [0.5, 0.6) is 5.75 Å². The van der Waals surface area contributed by atoms with Crippen molar-refractivity contribution in [1.29, 1.82) is 0 Å². The highest BCUT2D eigenvalue weighted by Crippen LogP contribution is 2.18. The number of benzene rings is 2. The van der Waals surface area contributed by atoms with E-state index in [9.17, 15) is 9.59 Å². The Kier molecular flexibility index (Phi) is 4.74. The van der Waals surface area contributed by atoms with Gasteiger partial charge in [-0.3, -0.25) is 4.79 Å². The molecule has 1 heterocycles. The van der Waals surface area contributed by atoms with Crippen molar-refractivity contribution in [3.8, 4) is 5.75 Å². The average Bonchev–Trinajstić information content (AvgIpc) is 2.96. The van der Waals surface area contributed by atoms with Gasteiger partial charge in [0.2, 0.25) is 5.91 Å². The van der Waals surface area contributed by atoms with Crippen molar-refractivity contribution >= 4 is 28.3 Å². The number of carbonyl (C=O) groups excluding carboxylic acids is 1. The van der Waals surface area contributed by atoms with E-state index < -0.39 is 6.04 Å². The second-order valence-electron chi connectivity index (χ2n) is 5.65. The molecule has 0 unspecified atom stereocenters. The van der Waals surface area contributed by atoms with Crippen LogP contribution in [0.2, 0.25) is 0 Å². The molecule has 0 fully saturated rings. The van der Waals surface area contributed by atoms with Crippen LogP contribution in [0.1, 0.15) is 13.8 Å². The van der Waals surface area contributed by atoms with Crippen molar-refractivity contribution in [1.82, 2.24) is 9.97 Å². The number of H-pyrrole nitrogens is 2. The molecule has 0 saturated carbocycles. The van der Waals surface area contributed by atoms with Crippen LogP contribution in [-0.2, 0) is 4.79 Å². The minimum absolute atomic E-state index is 0.175. The van der Waals surface area contributed by atoms with Gasteiger partial charge in [-0.2, -0.15) is 0 Å². The fraction of sp³-hybridized carbons (Fsp3) is 0.222. The van der Waals surface area contributed by atoms with Gasteiger partial charge in [-0.05, 0) is 56.3 Å². The monoisotopic (exact) mass is 340 g/mol. The Hall–Kier alpha value is -3.22. The van der Waals surface area contributed by atoms with E-state index in [1.165, 1.54) is 0 Å². The van der Waals surface area contributed by atoms with Crippen LogP contribution in [0.3, 0.4) is 0 Å². The summed E-state index contributed by atoms with van der Waals surface area (Å²) in [5.74, 6) is 0.616. The molecule has 0 spiro atoms. The van der Waals surface area contributed by atoms with Crippen LogP contribution in [0.4, 0.5) is 11.4 Å². The fourth-order valence-corrected chi connectivity index (χ4v) is 2.49. The second-order valence-corrected chi connectivity index (χ2v) is 5.65. The molecule has 0 radical (unpaired) electrons. The maximum atomic E-state index is 12.3. The zero-order valence-electron chi connectivity index (χ0n) is 14.1. The first-order valence-corrected chi connectivity index (χ1v) is 8.07. The van der Waals surface area contributed by atoms with E-state index in [1.807, 2.05) is 31.2 Å². The third-order valence-corrected chi connectivity index (χ3v) is 3.73. The van der Waals surface area contributed by atoms with Gasteiger partial charge < -0.3 is 25.3 Å². The predicted molar refractivity (Wildman–Crippen MR) is 98.2 cm³/mol. The summed E-state index contributed by atoms with van der Waals surface area (Å²) in [6.45, 7) is 4.32. The Balaban J connectivity index is 1.63. The van der Waals surface area contributed by atoms with Crippen molar-refractivity contribution in [2.24, 2.45) is 0 Å². The molecule has 130 valence electrons. The Morgan fingerprint density at radius 2 is 1.76 bits per heavy atom. The molecule has 3 rings (SSSR count). The van der Waals surface area contributed by atoms with Crippen molar-refractivity contribution in [2.75, 3.05) is 17.2 Å². The third kappa shape index (κ3) is 4.00. The lowest BCUT2D eigenvalue weighted by molar-refractivity contribution is -0.116. The largest absolute Gasteiger partial charge is 0.494 e. The van der Waals surface area contributed by atoms with Crippen LogP contribution in [-0.4, -0.2) is 28.5 Å². The van der Waals surface area contributed by atoms with E-state index in [-0.39, 0.29) is 11.6 Å². The van der Waals surface area contributed by atoms with E-state index in [0.29, 0.717) is 23.3 Å². The van der Waals surface area contributed by atoms with E-state index in [2.05, 4.69) is 20.6 Å². The van der Waals surface area contributed by atoms with Crippen LogP contribution in [0, 0.1) is 0 Å². The number of hydrogen-bond donors (Lipinski definition) is 4. The van der Waals surface area contributed by atoms with Gasteiger partial charge in [0.1, 0.15) is 11.8 Å². The van der Waals surface area contributed by atoms with Crippen molar-refractivity contribution < 1.29 is 9.53 Å². The first-order valence-electron chi connectivity index (χ1n) is 8.07. The molecule has 4 N–H and O–H groups in total. The Bertz CT molecular complexity index is 927. The number of hydrogen-bond acceptors (Lipinski definition) is 4. The van der Waals surface area contributed by atoms with E-state index in [0.717, 1.165) is 11.4 Å². The van der Waals surface area contributed by atoms with Crippen molar-refractivity contribution in [3.05, 3.63) is 52.9 Å². The summed E-state index contributed by atoms with van der Waals surface area (Å²) in [5.41, 5.74) is 2.52. The summed E-state index contributed by atoms with van der Waals surface area (Å²) in [6, 6.07) is 12.2. The molecule has 0 bridgehead atoms. The Morgan fingerprint density at radius 1 is 1.08 bits per heavy atom. The molecule has 7 nitrogen and oxygen atoms in total. The van der Waals surface area contributed by atoms with Gasteiger partial charge in [0, 0.05) is 11.4 Å². The number of fused-ring (bicyclic) bond motifs is 1. The maximum Gasteiger partial charge on any atom is 0.323 e. The van der Waals surface area contributed by atoms with Gasteiger partial charge in [-0.15, -0.1) is 0 Å². The minimum atomic E-state index is -0.432. The minimum Gasteiger partial charge on any atom is -0.494 e. The molecule has 1 atom stereocenters. The Morgan fingerprint density at radius 3 is 2.48 bits per heavy atom. The van der Waals surface area contributed by atoms with E-state index in [1.54, 1.807) is 25.1 Å². The van der Waals surface area contributed by atoms with E-state index in [4.69, 9.17) is 4.74 Å². The first kappa shape index (κ1) is 16.6. The number of carbonyl (C=O) groups is 1. The normalized spacial score (nSPS) is 11.9. The average molecular weight is 340 g/mol. The molecule has 0 aliphatic heterocycles. The Labute approximate surface area is 144 Å². The highest BCUT2D eigenvalue weighted by molar-refractivity contribution is 5.97. The van der Waals surface area contributed by atoms with Crippen LogP contribution < -0.4 is 21.1 Å². The number of nitrogens with one attached hydrogen (secondary N) is 4. The lowest BCUT2D eigenvalue weighted by Gasteiger charge is -2.15. The number of amides is 1. The van der Waals surface area contributed by atoms with Gasteiger partial charge in [0.25, 0.3) is 0 Å². The summed E-state index contributed by atoms with van der Waals surface area (Å²) in [7, 11) is 0. The van der Waals surface area contributed by atoms with Gasteiger partial charge in [-0.1, -0.05) is 0 Å². The van der Waals surface area contributed by atoms with Gasteiger partial charge in [-0.25, -0.2) is 4.79 Å². The molecule has 7 heteroatoms. The molecule has 3 aromatic rings. The summed E-state index contributed by atoms with van der Waals surface area (Å²) in [6.07, 6.45) is 0. The zero-order valence-corrected chi connectivity index (χ0v) is 14.1. The van der Waals surface area contributed by atoms with Gasteiger partial charge in [0.05, 0.1) is 17.6 Å². The lowest BCUT2D eigenvalue weighted by Crippen LogP contribution is -2.31. The lowest BCUT2D eigenvalue weighted by atomic mass is 10.2. The molecular weight excluding hydrogens is 320 g/mol. The number of aromatic nitrogens is 2. The number of ether oxygens (including phenoxy) is 1. The number of imidazole rings is 1. The van der Waals surface area contributed by atoms with Crippen LogP contribution >= 0.6 is 0 Å². The molecule has 1 amide bonds. The number of anilines is 2. The first-order chi connectivity index (χ1) is 12.0. The third-order valence-electron chi connectivity index (χ3n) is 3.73. The highest BCUT2D eigenvalue weighted by atomic mass is 16.5. The molecular formula is C18H20N4O3. The predicted octanol–water partition coefficient (Wildman–Crippen LogP) is 2.69. The van der Waals surface area contributed by atoms with Crippen LogP contribution in [0.15, 0.2) is 47.3 Å². The molecule has 2 aromatic carbocycles. The standard InChI is InChI=1S/C18H20N4O3/c1-3-25-14-7-4-12(5-8-14)19-11(2)17(23)20-13-6-9-15-16(10-13)22-18(24)21-15/h4-11,19H,3H2,1-2H3,(H,20,23)(H2,21,22,24)/t11-/m1/s1. The van der Waals surface area contributed by atoms with Crippen molar-refractivity contribution in [3.63, 3.8) is 0 Å². The quantitative estimate of drug-likeness (QED) is 0.554. The number of rotatable bonds is 6. The summed E-state index contributed by atoms with van der Waals surface area (Å²) in [4.78, 5) is 29.0. The van der Waals surface area contributed by atoms with Gasteiger partial charge in [0.15, 0.2) is 0 Å². The summed E-state index contributed by atoms with van der Waals surface area (Å²) < 4.78 is 5.39. The molecule has 25 heavy (non-hydrogen) atoms. The van der Waals surface area contributed by atoms with Crippen LogP contribution in [0.25, 0.3) is 11.0 Å². The molecule has 0 saturated heterocycles.